The highest BCUT2D eigenvalue weighted by Crippen LogP contribution is 2.27. The van der Waals surface area contributed by atoms with Crippen LogP contribution in [0.2, 0.25) is 0 Å². The Morgan fingerprint density at radius 2 is 1.85 bits per heavy atom. The third-order valence-corrected chi connectivity index (χ3v) is 7.29. The summed E-state index contributed by atoms with van der Waals surface area (Å²) in [5.74, 6) is 0. The van der Waals surface area contributed by atoms with Gasteiger partial charge in [0.15, 0.2) is 0 Å². The van der Waals surface area contributed by atoms with Crippen LogP contribution in [0.4, 0.5) is 10.5 Å². The molecule has 2 aromatic rings. The van der Waals surface area contributed by atoms with Crippen molar-refractivity contribution >= 4 is 21.8 Å². The zero-order valence-electron chi connectivity index (χ0n) is 18.6. The zero-order chi connectivity index (χ0) is 23.8. The van der Waals surface area contributed by atoms with Crippen molar-refractivity contribution in [3.8, 4) is 0 Å². The highest BCUT2D eigenvalue weighted by molar-refractivity contribution is 7.89. The van der Waals surface area contributed by atoms with Crippen LogP contribution in [-0.2, 0) is 21.3 Å². The van der Waals surface area contributed by atoms with E-state index in [2.05, 4.69) is 10.6 Å². The molecule has 10 heteroatoms. The number of carbonyl (C=O) groups is 1. The minimum atomic E-state index is -4.12. The summed E-state index contributed by atoms with van der Waals surface area (Å²) in [7, 11) is -2.43. The normalized spacial score (nSPS) is 16.5. The second kappa shape index (κ2) is 11.5. The minimum Gasteiger partial charge on any atom is -0.465 e. The number of hydrogen-bond donors (Lipinski definition) is 4. The Kier molecular flexibility index (Phi) is 8.67. The van der Waals surface area contributed by atoms with Crippen LogP contribution in [0.1, 0.15) is 31.2 Å². The maximum Gasteiger partial charge on any atom is 0.404 e. The van der Waals surface area contributed by atoms with Crippen LogP contribution >= 0.6 is 0 Å². The first-order valence-corrected chi connectivity index (χ1v) is 12.4. The molecule has 0 aromatic heterocycles. The van der Waals surface area contributed by atoms with E-state index >= 15 is 0 Å². The van der Waals surface area contributed by atoms with Crippen LogP contribution in [0.25, 0.3) is 0 Å². The van der Waals surface area contributed by atoms with Gasteiger partial charge in [-0.2, -0.15) is 0 Å². The molecule has 9 nitrogen and oxygen atoms in total. The lowest BCUT2D eigenvalue weighted by atomic mass is 10.0. The predicted octanol–water partition coefficient (Wildman–Crippen LogP) is 2.83. The van der Waals surface area contributed by atoms with E-state index in [9.17, 15) is 23.4 Å². The SMILES string of the molecule is CNc1cccc(S(=O)(=O)N(C[C@@H](O)[C@H](Cc2ccccc2)NC(=O)O)OC2CCCC2)c1. The molecule has 2 atom stereocenters. The second-order valence-corrected chi connectivity index (χ2v) is 9.92. The van der Waals surface area contributed by atoms with Crippen molar-refractivity contribution in [3.05, 3.63) is 60.2 Å². The van der Waals surface area contributed by atoms with Crippen LogP contribution in [0.3, 0.4) is 0 Å². The quantitative estimate of drug-likeness (QED) is 0.366. The van der Waals surface area contributed by atoms with Gasteiger partial charge in [-0.25, -0.2) is 13.2 Å². The van der Waals surface area contributed by atoms with Gasteiger partial charge < -0.3 is 20.8 Å². The summed E-state index contributed by atoms with van der Waals surface area (Å²) in [5, 5.41) is 25.5. The molecule has 180 valence electrons. The molecule has 1 saturated carbocycles. The van der Waals surface area contributed by atoms with Gasteiger partial charge in [0.1, 0.15) is 0 Å². The van der Waals surface area contributed by atoms with Gasteiger partial charge in [0.25, 0.3) is 10.0 Å². The largest absolute Gasteiger partial charge is 0.465 e. The molecule has 1 aliphatic rings. The number of rotatable bonds is 11. The Morgan fingerprint density at radius 3 is 2.48 bits per heavy atom. The van der Waals surface area contributed by atoms with E-state index in [1.807, 2.05) is 30.3 Å². The first kappa shape index (κ1) is 25.0. The molecule has 0 bridgehead atoms. The van der Waals surface area contributed by atoms with Crippen molar-refractivity contribution in [2.75, 3.05) is 18.9 Å². The van der Waals surface area contributed by atoms with Gasteiger partial charge in [-0.05, 0) is 43.0 Å². The number of benzene rings is 2. The summed E-state index contributed by atoms with van der Waals surface area (Å²) in [4.78, 5) is 17.3. The van der Waals surface area contributed by atoms with Crippen molar-refractivity contribution < 1.29 is 28.3 Å². The van der Waals surface area contributed by atoms with E-state index < -0.39 is 34.8 Å². The molecule has 0 heterocycles. The van der Waals surface area contributed by atoms with Crippen molar-refractivity contribution in [1.82, 2.24) is 9.79 Å². The lowest BCUT2D eigenvalue weighted by Gasteiger charge is -2.30. The zero-order valence-corrected chi connectivity index (χ0v) is 19.4. The van der Waals surface area contributed by atoms with Gasteiger partial charge in [-0.3, -0.25) is 4.84 Å². The summed E-state index contributed by atoms with van der Waals surface area (Å²) in [6.45, 7) is -0.416. The Hall–Kier alpha value is -2.66. The number of aliphatic hydroxyl groups is 1. The smallest absolute Gasteiger partial charge is 0.404 e. The molecule has 1 fully saturated rings. The molecule has 0 radical (unpaired) electrons. The molecule has 0 spiro atoms. The van der Waals surface area contributed by atoms with Crippen LogP contribution in [0.15, 0.2) is 59.5 Å². The number of hydrogen-bond acceptors (Lipinski definition) is 6. The van der Waals surface area contributed by atoms with E-state index in [4.69, 9.17) is 4.84 Å². The topological polar surface area (TPSA) is 128 Å². The molecule has 2 aromatic carbocycles. The van der Waals surface area contributed by atoms with Gasteiger partial charge in [0, 0.05) is 12.7 Å². The highest BCUT2D eigenvalue weighted by Gasteiger charge is 2.34. The number of amides is 1. The Labute approximate surface area is 194 Å². The van der Waals surface area contributed by atoms with Crippen molar-refractivity contribution in [3.63, 3.8) is 0 Å². The third kappa shape index (κ3) is 6.91. The average Bonchev–Trinajstić information content (AvgIpc) is 3.32. The van der Waals surface area contributed by atoms with Crippen molar-refractivity contribution in [1.29, 1.82) is 0 Å². The first-order valence-electron chi connectivity index (χ1n) is 11.0. The first-order chi connectivity index (χ1) is 15.8. The molecule has 33 heavy (non-hydrogen) atoms. The molecule has 1 amide bonds. The number of nitrogens with one attached hydrogen (secondary N) is 2. The fourth-order valence-electron chi connectivity index (χ4n) is 3.88. The van der Waals surface area contributed by atoms with Gasteiger partial charge >= 0.3 is 6.09 Å². The van der Waals surface area contributed by atoms with Gasteiger partial charge in [-0.15, -0.1) is 0 Å². The standard InChI is InChI=1S/C23H31N3O6S/c1-24-18-10-7-13-20(15-18)33(30,31)26(32-19-11-5-6-12-19)16-22(27)21(25-23(28)29)14-17-8-3-2-4-9-17/h2-4,7-10,13,15,19,21-22,24-25,27H,5-6,11-12,14,16H2,1H3,(H,28,29)/t21-,22+/m0/s1. The maximum absolute atomic E-state index is 13.5. The summed E-state index contributed by atoms with van der Waals surface area (Å²) in [6.07, 6.45) is 0.591. The summed E-state index contributed by atoms with van der Waals surface area (Å²) >= 11 is 0. The van der Waals surface area contributed by atoms with E-state index in [0.29, 0.717) is 5.69 Å². The minimum absolute atomic E-state index is 0.0188. The highest BCUT2D eigenvalue weighted by atomic mass is 32.2. The predicted molar refractivity (Wildman–Crippen MR) is 124 cm³/mol. The maximum atomic E-state index is 13.5. The molecular formula is C23H31N3O6S. The second-order valence-electron chi connectivity index (χ2n) is 8.09. The lowest BCUT2D eigenvalue weighted by Crippen LogP contribution is -2.50. The summed E-state index contributed by atoms with van der Waals surface area (Å²) in [6, 6.07) is 14.5. The molecule has 0 saturated heterocycles. The van der Waals surface area contributed by atoms with Crippen LogP contribution in [-0.4, -0.2) is 61.0 Å². The Morgan fingerprint density at radius 1 is 1.15 bits per heavy atom. The average molecular weight is 478 g/mol. The summed E-state index contributed by atoms with van der Waals surface area (Å²) in [5.41, 5.74) is 1.43. The monoisotopic (exact) mass is 477 g/mol. The number of sulfonamides is 1. The number of hydroxylamine groups is 1. The van der Waals surface area contributed by atoms with Gasteiger partial charge in [0.05, 0.1) is 29.7 Å². The Bertz CT molecular complexity index is 1010. The molecule has 1 aliphatic carbocycles. The molecule has 0 aliphatic heterocycles. The van der Waals surface area contributed by atoms with Gasteiger partial charge in [0.2, 0.25) is 0 Å². The molecule has 3 rings (SSSR count). The fourth-order valence-corrected chi connectivity index (χ4v) is 5.22. The van der Waals surface area contributed by atoms with Crippen LogP contribution < -0.4 is 10.6 Å². The molecule has 0 unspecified atom stereocenters. The van der Waals surface area contributed by atoms with E-state index in [0.717, 1.165) is 35.7 Å². The molecule has 4 N–H and O–H groups in total. The fraction of sp³-hybridized carbons (Fsp3) is 0.435. The van der Waals surface area contributed by atoms with E-state index in [1.54, 1.807) is 19.2 Å². The number of carboxylic acid groups (broad SMARTS) is 1. The summed E-state index contributed by atoms with van der Waals surface area (Å²) < 4.78 is 27.7. The van der Waals surface area contributed by atoms with Crippen LogP contribution in [0, 0.1) is 0 Å². The number of nitrogens with zero attached hydrogens (tertiary/aromatic N) is 1. The lowest BCUT2D eigenvalue weighted by molar-refractivity contribution is -0.145. The van der Waals surface area contributed by atoms with E-state index in [1.165, 1.54) is 12.1 Å². The van der Waals surface area contributed by atoms with E-state index in [-0.39, 0.29) is 17.4 Å². The Balaban J connectivity index is 1.86. The van der Waals surface area contributed by atoms with Crippen LogP contribution in [0.5, 0.6) is 0 Å². The number of aliphatic hydroxyl groups excluding tert-OH is 1. The molecular weight excluding hydrogens is 446 g/mol. The number of anilines is 1. The third-order valence-electron chi connectivity index (χ3n) is 5.67. The van der Waals surface area contributed by atoms with Crippen molar-refractivity contribution in [2.24, 2.45) is 0 Å². The van der Waals surface area contributed by atoms with Crippen molar-refractivity contribution in [2.45, 2.75) is 55.2 Å². The van der Waals surface area contributed by atoms with Gasteiger partial charge in [-0.1, -0.05) is 53.7 Å².